The van der Waals surface area contributed by atoms with E-state index in [2.05, 4.69) is 5.32 Å². The summed E-state index contributed by atoms with van der Waals surface area (Å²) in [4.78, 5) is 21.9. The molecule has 0 aliphatic carbocycles. The maximum Gasteiger partial charge on any atom is 0.269 e. The summed E-state index contributed by atoms with van der Waals surface area (Å²) in [5.74, 6) is -0.781. The Balaban J connectivity index is 2.01. The van der Waals surface area contributed by atoms with Crippen molar-refractivity contribution in [2.45, 2.75) is 6.54 Å². The highest BCUT2D eigenvalue weighted by atomic mass is 19.1. The minimum atomic E-state index is -0.495. The molecular weight excluding hydrogens is 263 g/mol. The number of nitrogens with zero attached hydrogens (tertiary/aromatic N) is 1. The first-order valence-electron chi connectivity index (χ1n) is 5.83. The van der Waals surface area contributed by atoms with E-state index in [9.17, 15) is 19.3 Å². The number of hydrogen-bond donors (Lipinski definition) is 1. The third kappa shape index (κ3) is 3.38. The molecule has 6 heteroatoms. The highest BCUT2D eigenvalue weighted by molar-refractivity contribution is 5.94. The van der Waals surface area contributed by atoms with Gasteiger partial charge in [-0.25, -0.2) is 4.39 Å². The molecule has 0 fully saturated rings. The zero-order valence-corrected chi connectivity index (χ0v) is 10.4. The van der Waals surface area contributed by atoms with Crippen molar-refractivity contribution in [1.29, 1.82) is 0 Å². The molecule has 102 valence electrons. The monoisotopic (exact) mass is 274 g/mol. The molecule has 0 atom stereocenters. The van der Waals surface area contributed by atoms with Gasteiger partial charge in [0.2, 0.25) is 0 Å². The molecular formula is C14H11FN2O3. The second-order valence-electron chi connectivity index (χ2n) is 4.12. The predicted octanol–water partition coefficient (Wildman–Crippen LogP) is 2.66. The number of amides is 1. The van der Waals surface area contributed by atoms with Gasteiger partial charge in [0.15, 0.2) is 0 Å². The molecule has 0 unspecified atom stereocenters. The molecule has 20 heavy (non-hydrogen) atoms. The average molecular weight is 274 g/mol. The van der Waals surface area contributed by atoms with E-state index in [4.69, 9.17) is 0 Å². The summed E-state index contributed by atoms with van der Waals surface area (Å²) in [6, 6.07) is 11.1. The molecule has 2 rings (SSSR count). The van der Waals surface area contributed by atoms with Crippen LogP contribution in [0.1, 0.15) is 15.9 Å². The van der Waals surface area contributed by atoms with E-state index in [-0.39, 0.29) is 18.1 Å². The summed E-state index contributed by atoms with van der Waals surface area (Å²) in [7, 11) is 0. The van der Waals surface area contributed by atoms with Gasteiger partial charge < -0.3 is 5.32 Å². The molecule has 0 saturated heterocycles. The summed E-state index contributed by atoms with van der Waals surface area (Å²) in [5, 5.41) is 13.2. The summed E-state index contributed by atoms with van der Waals surface area (Å²) >= 11 is 0. The van der Waals surface area contributed by atoms with Crippen molar-refractivity contribution in [1.82, 2.24) is 5.32 Å². The maximum absolute atomic E-state index is 12.7. The van der Waals surface area contributed by atoms with Crippen molar-refractivity contribution in [3.05, 3.63) is 75.6 Å². The fraction of sp³-hybridized carbons (Fsp3) is 0.0714. The van der Waals surface area contributed by atoms with Crippen LogP contribution in [0.15, 0.2) is 48.5 Å². The molecule has 0 bridgehead atoms. The third-order valence-corrected chi connectivity index (χ3v) is 2.68. The topological polar surface area (TPSA) is 72.2 Å². The van der Waals surface area contributed by atoms with E-state index in [0.717, 1.165) is 0 Å². The largest absolute Gasteiger partial charge is 0.348 e. The van der Waals surface area contributed by atoms with Crippen LogP contribution in [0.4, 0.5) is 10.1 Å². The summed E-state index contributed by atoms with van der Waals surface area (Å²) < 4.78 is 12.7. The number of benzene rings is 2. The lowest BCUT2D eigenvalue weighted by molar-refractivity contribution is -0.384. The van der Waals surface area contributed by atoms with Gasteiger partial charge >= 0.3 is 0 Å². The van der Waals surface area contributed by atoms with Crippen LogP contribution in [-0.2, 0) is 6.54 Å². The van der Waals surface area contributed by atoms with Crippen LogP contribution in [0.3, 0.4) is 0 Å². The molecule has 2 aromatic carbocycles. The number of nitro groups is 1. The van der Waals surface area contributed by atoms with Crippen LogP contribution in [0, 0.1) is 15.9 Å². The van der Waals surface area contributed by atoms with Gasteiger partial charge in [0.25, 0.3) is 11.6 Å². The number of hydrogen-bond acceptors (Lipinski definition) is 3. The molecule has 2 aromatic rings. The number of halogens is 1. The number of non-ortho nitro benzene ring substituents is 1. The Morgan fingerprint density at radius 3 is 2.55 bits per heavy atom. The second-order valence-corrected chi connectivity index (χ2v) is 4.12. The van der Waals surface area contributed by atoms with Crippen LogP contribution >= 0.6 is 0 Å². The van der Waals surface area contributed by atoms with Gasteiger partial charge in [0.1, 0.15) is 5.82 Å². The molecule has 1 N–H and O–H groups in total. The quantitative estimate of drug-likeness (QED) is 0.688. The number of nitro benzene ring substituents is 1. The van der Waals surface area contributed by atoms with Gasteiger partial charge in [-0.3, -0.25) is 14.9 Å². The predicted molar refractivity (Wildman–Crippen MR) is 70.7 cm³/mol. The molecule has 0 aliphatic rings. The standard InChI is InChI=1S/C14H11FN2O3/c15-12-6-4-11(5-7-12)14(18)16-9-10-2-1-3-13(8-10)17(19)20/h1-8H,9H2,(H,16,18). The van der Waals surface area contributed by atoms with E-state index in [0.29, 0.717) is 11.1 Å². The summed E-state index contributed by atoms with van der Waals surface area (Å²) in [6.45, 7) is 0.165. The van der Waals surface area contributed by atoms with E-state index in [1.807, 2.05) is 0 Å². The van der Waals surface area contributed by atoms with E-state index < -0.39 is 10.7 Å². The first kappa shape index (κ1) is 13.7. The van der Waals surface area contributed by atoms with Crippen molar-refractivity contribution in [2.75, 3.05) is 0 Å². The molecule has 0 spiro atoms. The number of carbonyl (C=O) groups is 1. The van der Waals surface area contributed by atoms with Crippen molar-refractivity contribution in [2.24, 2.45) is 0 Å². The molecule has 0 aromatic heterocycles. The van der Waals surface area contributed by atoms with Gasteiger partial charge in [0.05, 0.1) is 4.92 Å². The average Bonchev–Trinajstić information content (AvgIpc) is 2.46. The van der Waals surface area contributed by atoms with E-state index in [1.165, 1.54) is 36.4 Å². The van der Waals surface area contributed by atoms with E-state index >= 15 is 0 Å². The van der Waals surface area contributed by atoms with Crippen molar-refractivity contribution in [3.8, 4) is 0 Å². The number of nitrogens with one attached hydrogen (secondary N) is 1. The Hall–Kier alpha value is -2.76. The third-order valence-electron chi connectivity index (χ3n) is 2.68. The lowest BCUT2D eigenvalue weighted by atomic mass is 10.2. The molecule has 5 nitrogen and oxygen atoms in total. The highest BCUT2D eigenvalue weighted by Gasteiger charge is 2.08. The van der Waals surface area contributed by atoms with Gasteiger partial charge in [-0.05, 0) is 29.8 Å². The maximum atomic E-state index is 12.7. The van der Waals surface area contributed by atoms with Crippen molar-refractivity contribution in [3.63, 3.8) is 0 Å². The Morgan fingerprint density at radius 2 is 1.90 bits per heavy atom. The number of carbonyl (C=O) groups excluding carboxylic acids is 1. The van der Waals surface area contributed by atoms with E-state index in [1.54, 1.807) is 12.1 Å². The van der Waals surface area contributed by atoms with Gasteiger partial charge in [-0.2, -0.15) is 0 Å². The molecule has 0 heterocycles. The van der Waals surface area contributed by atoms with Crippen LogP contribution in [0.5, 0.6) is 0 Å². The zero-order valence-electron chi connectivity index (χ0n) is 10.4. The smallest absolute Gasteiger partial charge is 0.269 e. The van der Waals surface area contributed by atoms with Gasteiger partial charge in [-0.1, -0.05) is 12.1 Å². The Morgan fingerprint density at radius 1 is 1.20 bits per heavy atom. The molecule has 0 radical (unpaired) electrons. The van der Waals surface area contributed by atoms with Crippen LogP contribution in [-0.4, -0.2) is 10.8 Å². The zero-order chi connectivity index (χ0) is 14.5. The molecule has 0 aliphatic heterocycles. The lowest BCUT2D eigenvalue weighted by Gasteiger charge is -2.05. The summed E-state index contributed by atoms with van der Waals surface area (Å²) in [6.07, 6.45) is 0. The first-order chi connectivity index (χ1) is 9.56. The highest BCUT2D eigenvalue weighted by Crippen LogP contribution is 2.13. The van der Waals surface area contributed by atoms with Crippen molar-refractivity contribution < 1.29 is 14.1 Å². The Labute approximate surface area is 114 Å². The molecule has 0 saturated carbocycles. The fourth-order valence-electron chi connectivity index (χ4n) is 1.67. The van der Waals surface area contributed by atoms with Crippen LogP contribution in [0.25, 0.3) is 0 Å². The first-order valence-corrected chi connectivity index (χ1v) is 5.83. The lowest BCUT2D eigenvalue weighted by Crippen LogP contribution is -2.22. The SMILES string of the molecule is O=C(NCc1cccc([N+](=O)[O-])c1)c1ccc(F)cc1. The Kier molecular flexibility index (Phi) is 4.05. The summed E-state index contributed by atoms with van der Waals surface area (Å²) in [5.41, 5.74) is 0.921. The van der Waals surface area contributed by atoms with Gasteiger partial charge in [-0.15, -0.1) is 0 Å². The fourth-order valence-corrected chi connectivity index (χ4v) is 1.67. The van der Waals surface area contributed by atoms with Crippen LogP contribution < -0.4 is 5.32 Å². The number of rotatable bonds is 4. The minimum Gasteiger partial charge on any atom is -0.348 e. The normalized spacial score (nSPS) is 10.1. The van der Waals surface area contributed by atoms with Crippen molar-refractivity contribution >= 4 is 11.6 Å². The Bertz CT molecular complexity index is 641. The van der Waals surface area contributed by atoms with Gasteiger partial charge in [0, 0.05) is 24.2 Å². The van der Waals surface area contributed by atoms with Crippen LogP contribution in [0.2, 0.25) is 0 Å². The second kappa shape index (κ2) is 5.92. The molecule has 1 amide bonds. The minimum absolute atomic E-state index is 0.0291.